The molecule has 0 saturated carbocycles. The van der Waals surface area contributed by atoms with Gasteiger partial charge in [0, 0.05) is 19.6 Å². The number of dihydropyridines is 1. The summed E-state index contributed by atoms with van der Waals surface area (Å²) in [4.78, 5) is 2.19. The Bertz CT molecular complexity index is 375. The molecule has 0 saturated heterocycles. The minimum atomic E-state index is 0.357. The first kappa shape index (κ1) is 12.1. The third kappa shape index (κ3) is 3.32. The average Bonchev–Trinajstić information content (AvgIpc) is 2.34. The maximum absolute atomic E-state index is 3.48. The predicted octanol–water partition coefficient (Wildman–Crippen LogP) is 1.05. The topological polar surface area (TPSA) is 27.3 Å². The summed E-state index contributed by atoms with van der Waals surface area (Å²) >= 11 is 0. The van der Waals surface area contributed by atoms with Crippen molar-refractivity contribution in [2.45, 2.75) is 6.04 Å². The van der Waals surface area contributed by atoms with E-state index in [1.807, 2.05) is 6.20 Å². The van der Waals surface area contributed by atoms with Crippen LogP contribution in [0.15, 0.2) is 47.7 Å². The quantitative estimate of drug-likeness (QED) is 0.693. The van der Waals surface area contributed by atoms with Crippen LogP contribution in [0.3, 0.4) is 0 Å². The Kier molecular flexibility index (Phi) is 4.18. The number of fused-ring (bicyclic) bond motifs is 1. The molecule has 0 spiro atoms. The largest absolute Gasteiger partial charge is 0.381 e. The van der Waals surface area contributed by atoms with Gasteiger partial charge in [-0.15, -0.1) is 0 Å². The Morgan fingerprint density at radius 1 is 1.29 bits per heavy atom. The van der Waals surface area contributed by atoms with Crippen LogP contribution in [0.25, 0.3) is 0 Å². The molecule has 1 heterocycles. The Balaban J connectivity index is 1.90. The van der Waals surface area contributed by atoms with Crippen molar-refractivity contribution in [3.63, 3.8) is 0 Å². The number of hydrogen-bond donors (Lipinski definition) is 2. The third-order valence-electron chi connectivity index (χ3n) is 3.01. The van der Waals surface area contributed by atoms with Gasteiger partial charge in [-0.2, -0.15) is 0 Å². The zero-order valence-corrected chi connectivity index (χ0v) is 10.6. The first-order chi connectivity index (χ1) is 8.27. The molecule has 0 aromatic rings. The van der Waals surface area contributed by atoms with Crippen molar-refractivity contribution in [1.29, 1.82) is 0 Å². The van der Waals surface area contributed by atoms with E-state index in [9.17, 15) is 0 Å². The first-order valence-corrected chi connectivity index (χ1v) is 6.13. The van der Waals surface area contributed by atoms with Crippen LogP contribution >= 0.6 is 0 Å². The molecule has 92 valence electrons. The SMILES string of the molecule is CN(C)CCNCC1=C2C=CC=CC2NC=C1. The van der Waals surface area contributed by atoms with Crippen molar-refractivity contribution >= 4 is 0 Å². The lowest BCUT2D eigenvalue weighted by Crippen LogP contribution is -2.32. The highest BCUT2D eigenvalue weighted by Crippen LogP contribution is 2.20. The first-order valence-electron chi connectivity index (χ1n) is 6.13. The average molecular weight is 231 g/mol. The number of nitrogens with zero attached hydrogens (tertiary/aromatic N) is 1. The van der Waals surface area contributed by atoms with Crippen LogP contribution in [-0.4, -0.2) is 44.7 Å². The molecule has 0 radical (unpaired) electrons. The van der Waals surface area contributed by atoms with Crippen LogP contribution in [0.2, 0.25) is 0 Å². The molecule has 1 aliphatic carbocycles. The van der Waals surface area contributed by atoms with Crippen molar-refractivity contribution in [2.24, 2.45) is 0 Å². The smallest absolute Gasteiger partial charge is 0.0698 e. The lowest BCUT2D eigenvalue weighted by Gasteiger charge is -2.24. The van der Waals surface area contributed by atoms with E-state index in [-0.39, 0.29) is 0 Å². The van der Waals surface area contributed by atoms with E-state index < -0.39 is 0 Å². The van der Waals surface area contributed by atoms with Crippen molar-refractivity contribution < 1.29 is 0 Å². The number of rotatable bonds is 5. The zero-order valence-electron chi connectivity index (χ0n) is 10.6. The van der Waals surface area contributed by atoms with Gasteiger partial charge in [0.15, 0.2) is 0 Å². The zero-order chi connectivity index (χ0) is 12.1. The van der Waals surface area contributed by atoms with Gasteiger partial charge in [-0.1, -0.05) is 24.3 Å². The Labute approximate surface area is 104 Å². The van der Waals surface area contributed by atoms with Gasteiger partial charge in [0.1, 0.15) is 0 Å². The van der Waals surface area contributed by atoms with E-state index in [2.05, 4.69) is 60.0 Å². The molecule has 1 unspecified atom stereocenters. The standard InChI is InChI=1S/C14H21N3/c1-17(2)10-9-15-11-12-7-8-16-14-6-4-3-5-13(12)14/h3-8,14-16H,9-11H2,1-2H3. The molecular weight excluding hydrogens is 210 g/mol. The van der Waals surface area contributed by atoms with Crippen molar-refractivity contribution in [3.05, 3.63) is 47.7 Å². The number of hydrogen-bond acceptors (Lipinski definition) is 3. The number of likely N-dealkylation sites (N-methyl/N-ethyl adjacent to an activating group) is 1. The fraction of sp³-hybridized carbons (Fsp3) is 0.429. The van der Waals surface area contributed by atoms with Gasteiger partial charge in [0.2, 0.25) is 0 Å². The molecule has 0 aromatic heterocycles. The highest BCUT2D eigenvalue weighted by atomic mass is 15.1. The van der Waals surface area contributed by atoms with Crippen LogP contribution in [0.5, 0.6) is 0 Å². The summed E-state index contributed by atoms with van der Waals surface area (Å²) in [5, 5.41) is 6.83. The van der Waals surface area contributed by atoms with Gasteiger partial charge in [0.05, 0.1) is 6.04 Å². The molecule has 3 heteroatoms. The summed E-state index contributed by atoms with van der Waals surface area (Å²) in [6, 6.07) is 0.357. The lowest BCUT2D eigenvalue weighted by molar-refractivity contribution is 0.403. The van der Waals surface area contributed by atoms with Crippen LogP contribution < -0.4 is 10.6 Å². The van der Waals surface area contributed by atoms with Crippen molar-refractivity contribution in [1.82, 2.24) is 15.5 Å². The number of allylic oxidation sites excluding steroid dienone is 2. The molecule has 0 amide bonds. The molecule has 0 aromatic carbocycles. The summed E-state index contributed by atoms with van der Waals surface area (Å²) < 4.78 is 0. The fourth-order valence-electron chi connectivity index (χ4n) is 2.03. The van der Waals surface area contributed by atoms with Gasteiger partial charge < -0.3 is 15.5 Å². The molecule has 3 nitrogen and oxygen atoms in total. The molecule has 2 rings (SSSR count). The van der Waals surface area contributed by atoms with Crippen LogP contribution in [0.4, 0.5) is 0 Å². The van der Waals surface area contributed by atoms with E-state index in [0.29, 0.717) is 6.04 Å². The van der Waals surface area contributed by atoms with E-state index in [1.165, 1.54) is 11.1 Å². The van der Waals surface area contributed by atoms with Crippen molar-refractivity contribution in [2.75, 3.05) is 33.7 Å². The highest BCUT2D eigenvalue weighted by molar-refractivity contribution is 5.46. The van der Waals surface area contributed by atoms with E-state index in [1.54, 1.807) is 0 Å². The second-order valence-corrected chi connectivity index (χ2v) is 4.68. The molecule has 2 N–H and O–H groups in total. The van der Waals surface area contributed by atoms with Gasteiger partial charge in [0.25, 0.3) is 0 Å². The van der Waals surface area contributed by atoms with Crippen LogP contribution in [-0.2, 0) is 0 Å². The second kappa shape index (κ2) is 5.84. The normalized spacial score (nSPS) is 21.9. The van der Waals surface area contributed by atoms with E-state index in [0.717, 1.165) is 19.6 Å². The van der Waals surface area contributed by atoms with Crippen LogP contribution in [0.1, 0.15) is 0 Å². The molecule has 1 atom stereocenters. The minimum Gasteiger partial charge on any atom is -0.381 e. The monoisotopic (exact) mass is 231 g/mol. The van der Waals surface area contributed by atoms with E-state index >= 15 is 0 Å². The maximum atomic E-state index is 3.48. The molecule has 2 aliphatic rings. The summed E-state index contributed by atoms with van der Waals surface area (Å²) in [6.45, 7) is 3.04. The van der Waals surface area contributed by atoms with Crippen LogP contribution in [0, 0.1) is 0 Å². The lowest BCUT2D eigenvalue weighted by atomic mass is 9.94. The Morgan fingerprint density at radius 3 is 3.00 bits per heavy atom. The van der Waals surface area contributed by atoms with Gasteiger partial charge in [-0.25, -0.2) is 0 Å². The predicted molar refractivity (Wildman–Crippen MR) is 72.8 cm³/mol. The summed E-state index contributed by atoms with van der Waals surface area (Å²) in [6.07, 6.45) is 12.8. The van der Waals surface area contributed by atoms with Crippen molar-refractivity contribution in [3.8, 4) is 0 Å². The second-order valence-electron chi connectivity index (χ2n) is 4.68. The van der Waals surface area contributed by atoms with E-state index in [4.69, 9.17) is 0 Å². The van der Waals surface area contributed by atoms with Gasteiger partial charge >= 0.3 is 0 Å². The molecule has 0 fully saturated rings. The van der Waals surface area contributed by atoms with Gasteiger partial charge in [-0.3, -0.25) is 0 Å². The Morgan fingerprint density at radius 2 is 2.18 bits per heavy atom. The molecule has 1 aliphatic heterocycles. The third-order valence-corrected chi connectivity index (χ3v) is 3.01. The Hall–Kier alpha value is -1.32. The molecular formula is C14H21N3. The van der Waals surface area contributed by atoms with Gasteiger partial charge in [-0.05, 0) is 37.5 Å². The fourth-order valence-corrected chi connectivity index (χ4v) is 2.03. The minimum absolute atomic E-state index is 0.357. The summed E-state index contributed by atoms with van der Waals surface area (Å²) in [7, 11) is 4.19. The summed E-state index contributed by atoms with van der Waals surface area (Å²) in [5.41, 5.74) is 2.76. The number of nitrogens with one attached hydrogen (secondary N) is 2. The summed E-state index contributed by atoms with van der Waals surface area (Å²) in [5.74, 6) is 0. The molecule has 17 heavy (non-hydrogen) atoms. The molecule has 0 bridgehead atoms. The highest BCUT2D eigenvalue weighted by Gasteiger charge is 2.15. The maximum Gasteiger partial charge on any atom is 0.0698 e.